The van der Waals surface area contributed by atoms with E-state index in [0.29, 0.717) is 0 Å². The predicted octanol–water partition coefficient (Wildman–Crippen LogP) is 25.2. The second-order valence-electron chi connectivity index (χ2n) is 30.6. The number of benzene rings is 13. The van der Waals surface area contributed by atoms with E-state index >= 15 is 0 Å². The minimum absolute atomic E-state index is 0.267. The first-order valence-corrected chi connectivity index (χ1v) is 33.9. The first-order valence-electron chi connectivity index (χ1n) is 33.9. The Balaban J connectivity index is 0.809. The van der Waals surface area contributed by atoms with E-state index in [4.69, 9.17) is 13.3 Å². The average molecular weight is 1220 g/mol. The maximum Gasteiger partial charge on any atom is 0.144 e. The molecule has 4 heteroatoms. The maximum absolute atomic E-state index is 7.22. The molecule has 5 aliphatic rings. The number of rotatable bonds is 4. The van der Waals surface area contributed by atoms with Crippen molar-refractivity contribution >= 4 is 93.7 Å². The van der Waals surface area contributed by atoms with Gasteiger partial charge in [0.1, 0.15) is 33.5 Å². The van der Waals surface area contributed by atoms with Crippen molar-refractivity contribution in [2.45, 2.75) is 96.3 Å². The van der Waals surface area contributed by atoms with E-state index in [9.17, 15) is 0 Å². The molecule has 5 aliphatic carbocycles. The van der Waals surface area contributed by atoms with Gasteiger partial charge in [-0.25, -0.2) is 0 Å². The van der Waals surface area contributed by atoms with Crippen molar-refractivity contribution in [1.82, 2.24) is 0 Å². The van der Waals surface area contributed by atoms with Crippen LogP contribution in [0.1, 0.15) is 125 Å². The van der Waals surface area contributed by atoms with Gasteiger partial charge >= 0.3 is 0 Å². The molecule has 0 atom stereocenters. The van der Waals surface area contributed by atoms with Gasteiger partial charge in [-0.1, -0.05) is 227 Å². The largest absolute Gasteiger partial charge is 0.455 e. The SMILES string of the molecule is CC1(C)c2cc(N(c3ccc4c(c3)C(C)(C)c3c5c(c6c(oc7ccccc76)c3-4)-c3ccccc3C5(C)C)c3ccc4c(c3)C(C)(C)c3c5c(c6oc7ccccc7c6c3-4)-c3ccccc3C5(C)C)ccc2-c2c1cc(-c1ccc3ccccc3c1)c1oc3ccccc3c21. The Labute approximate surface area is 551 Å². The molecule has 0 radical (unpaired) electrons. The quantitative estimate of drug-likeness (QED) is 0.176. The van der Waals surface area contributed by atoms with Crippen LogP contribution in [0.3, 0.4) is 0 Å². The zero-order valence-electron chi connectivity index (χ0n) is 55.0. The van der Waals surface area contributed by atoms with Crippen LogP contribution in [0.5, 0.6) is 0 Å². The third kappa shape index (κ3) is 6.49. The molecule has 0 aliphatic heterocycles. The van der Waals surface area contributed by atoms with Gasteiger partial charge in [0.25, 0.3) is 0 Å². The highest BCUT2D eigenvalue weighted by atomic mass is 16.3. The minimum atomic E-state index is -0.420. The third-order valence-electron chi connectivity index (χ3n) is 23.9. The van der Waals surface area contributed by atoms with Gasteiger partial charge in [-0.05, 0) is 183 Å². The molecule has 4 nitrogen and oxygen atoms in total. The molecule has 0 saturated heterocycles. The standard InChI is InChI=1S/C91H67NO3/c1-87(2)65-44-51(37-40-56(65)72-68(87)47-62(50-36-35-48-23-11-12-24-49(48)43-50)84-75(72)59-27-15-20-32-69(59)93-84)92(52-38-41-57-66(45-52)90(7,8)81-74(57)77-61-29-17-22-34-71(61)94-85(77)78-55-26-14-19-31-64(55)89(5,6)82(78)81)53-39-42-58-67(46-53)91(9,10)83-79(58)86-76(60-28-16-21-33-70(60)95-86)73-54-25-13-18-30-63(54)88(3,4)80(73)83/h11-47H,1-10H3. The fourth-order valence-corrected chi connectivity index (χ4v) is 19.6. The number of hydrogen-bond acceptors (Lipinski definition) is 4. The summed E-state index contributed by atoms with van der Waals surface area (Å²) in [6.07, 6.45) is 0. The second-order valence-corrected chi connectivity index (χ2v) is 30.6. The van der Waals surface area contributed by atoms with Gasteiger partial charge in [0.05, 0.1) is 0 Å². The molecule has 16 aromatic rings. The highest BCUT2D eigenvalue weighted by Gasteiger charge is 2.51. The minimum Gasteiger partial charge on any atom is -0.455 e. The monoisotopic (exact) mass is 1220 g/mol. The molecule has 3 heterocycles. The van der Waals surface area contributed by atoms with Crippen molar-refractivity contribution in [2.24, 2.45) is 0 Å². The molecular weight excluding hydrogens is 1160 g/mol. The van der Waals surface area contributed by atoms with E-state index in [1.807, 2.05) is 0 Å². The molecule has 0 spiro atoms. The van der Waals surface area contributed by atoms with Crippen molar-refractivity contribution in [2.75, 3.05) is 4.90 Å². The van der Waals surface area contributed by atoms with Crippen LogP contribution in [0.15, 0.2) is 238 Å². The Kier molecular flexibility index (Phi) is 9.94. The summed E-state index contributed by atoms with van der Waals surface area (Å²) in [6.45, 7) is 24.5. The van der Waals surface area contributed by atoms with E-state index in [-0.39, 0.29) is 10.8 Å². The molecule has 0 bridgehead atoms. The number of nitrogens with zero attached hydrogens (tertiary/aromatic N) is 1. The summed E-state index contributed by atoms with van der Waals surface area (Å²) >= 11 is 0. The molecule has 0 fully saturated rings. The van der Waals surface area contributed by atoms with Crippen LogP contribution in [0, 0.1) is 0 Å². The van der Waals surface area contributed by atoms with Gasteiger partial charge in [-0.3, -0.25) is 0 Å². The molecule has 0 N–H and O–H groups in total. The van der Waals surface area contributed by atoms with Crippen molar-refractivity contribution in [3.05, 3.63) is 280 Å². The first kappa shape index (κ1) is 53.8. The van der Waals surface area contributed by atoms with Crippen LogP contribution >= 0.6 is 0 Å². The lowest BCUT2D eigenvalue weighted by molar-refractivity contribution is 0.600. The molecule has 21 rings (SSSR count). The topological polar surface area (TPSA) is 42.7 Å². The summed E-state index contributed by atoms with van der Waals surface area (Å²) in [6, 6.07) is 84.2. The highest BCUT2D eigenvalue weighted by Crippen LogP contribution is 2.67. The Hall–Kier alpha value is -10.7. The zero-order chi connectivity index (χ0) is 63.9. The van der Waals surface area contributed by atoms with E-state index in [1.54, 1.807) is 0 Å². The van der Waals surface area contributed by atoms with Crippen LogP contribution in [0.25, 0.3) is 143 Å². The van der Waals surface area contributed by atoms with Crippen molar-refractivity contribution in [1.29, 1.82) is 0 Å². The van der Waals surface area contributed by atoms with Crippen LogP contribution in [0.4, 0.5) is 17.1 Å². The molecule has 95 heavy (non-hydrogen) atoms. The van der Waals surface area contributed by atoms with Crippen molar-refractivity contribution in [3.63, 3.8) is 0 Å². The highest BCUT2D eigenvalue weighted by molar-refractivity contribution is 6.23. The maximum atomic E-state index is 7.22. The van der Waals surface area contributed by atoms with E-state index < -0.39 is 16.2 Å². The molecule has 454 valence electrons. The number of hydrogen-bond donors (Lipinski definition) is 0. The summed E-state index contributed by atoms with van der Waals surface area (Å²) in [5.41, 5.74) is 35.5. The van der Waals surface area contributed by atoms with Crippen molar-refractivity contribution < 1.29 is 13.3 Å². The van der Waals surface area contributed by atoms with Gasteiger partial charge < -0.3 is 18.2 Å². The fraction of sp³-hybridized carbons (Fsp3) is 0.165. The summed E-state index contributed by atoms with van der Waals surface area (Å²) in [4.78, 5) is 2.58. The lowest BCUT2D eigenvalue weighted by atomic mass is 9.72. The van der Waals surface area contributed by atoms with Gasteiger partial charge in [-0.2, -0.15) is 0 Å². The lowest BCUT2D eigenvalue weighted by Crippen LogP contribution is -2.24. The molecule has 0 unspecified atom stereocenters. The van der Waals surface area contributed by atoms with Crippen LogP contribution in [0.2, 0.25) is 0 Å². The number of para-hydroxylation sites is 3. The van der Waals surface area contributed by atoms with Gasteiger partial charge in [0, 0.05) is 93.1 Å². The molecule has 0 saturated carbocycles. The van der Waals surface area contributed by atoms with Crippen LogP contribution in [-0.4, -0.2) is 0 Å². The Morgan fingerprint density at radius 2 is 0.621 bits per heavy atom. The van der Waals surface area contributed by atoms with Crippen molar-refractivity contribution in [3.8, 4) is 66.8 Å². The number of anilines is 3. The molecule has 3 aromatic heterocycles. The normalized spacial score (nSPS) is 16.3. The van der Waals surface area contributed by atoms with E-state index in [2.05, 4.69) is 299 Å². The summed E-state index contributed by atoms with van der Waals surface area (Å²) in [5, 5.41) is 9.49. The van der Waals surface area contributed by atoms with Gasteiger partial charge in [0.2, 0.25) is 0 Å². The fourth-order valence-electron chi connectivity index (χ4n) is 19.6. The predicted molar refractivity (Wildman–Crippen MR) is 394 cm³/mol. The third-order valence-corrected chi connectivity index (χ3v) is 23.9. The molecule has 13 aromatic carbocycles. The Bertz CT molecular complexity index is 6260. The average Bonchev–Trinajstić information content (AvgIpc) is 1.50. The number of furan rings is 3. The zero-order valence-corrected chi connectivity index (χ0v) is 55.0. The second kappa shape index (κ2) is 17.6. The Morgan fingerprint density at radius 1 is 0.253 bits per heavy atom. The van der Waals surface area contributed by atoms with Gasteiger partial charge in [-0.15, -0.1) is 0 Å². The number of fused-ring (bicyclic) bond motifs is 32. The molecule has 0 amide bonds. The first-order chi connectivity index (χ1) is 45.9. The summed E-state index contributed by atoms with van der Waals surface area (Å²) in [7, 11) is 0. The lowest BCUT2D eigenvalue weighted by Gasteiger charge is -2.33. The summed E-state index contributed by atoms with van der Waals surface area (Å²) < 4.78 is 21.4. The smallest absolute Gasteiger partial charge is 0.144 e. The summed E-state index contributed by atoms with van der Waals surface area (Å²) in [5.74, 6) is 0. The molecular formula is C91H67NO3. The van der Waals surface area contributed by atoms with E-state index in [1.165, 1.54) is 138 Å². The van der Waals surface area contributed by atoms with Crippen LogP contribution in [-0.2, 0) is 27.1 Å². The van der Waals surface area contributed by atoms with Gasteiger partial charge in [0.15, 0.2) is 0 Å². The Morgan fingerprint density at radius 3 is 1.14 bits per heavy atom. The van der Waals surface area contributed by atoms with E-state index in [0.717, 1.165) is 77.8 Å². The van der Waals surface area contributed by atoms with Crippen LogP contribution < -0.4 is 4.90 Å².